The van der Waals surface area contributed by atoms with Crippen LogP contribution in [0.3, 0.4) is 0 Å². The van der Waals surface area contributed by atoms with Crippen LogP contribution >= 0.6 is 12.2 Å². The molecule has 1 atom stereocenters. The van der Waals surface area contributed by atoms with Gasteiger partial charge in [-0.3, -0.25) is 0 Å². The predicted octanol–water partition coefficient (Wildman–Crippen LogP) is 3.07. The molecule has 108 valence electrons. The van der Waals surface area contributed by atoms with Gasteiger partial charge in [-0.05, 0) is 54.5 Å². The average molecular weight is 304 g/mol. The summed E-state index contributed by atoms with van der Waals surface area (Å²) in [5.74, 6) is -0.594. The van der Waals surface area contributed by atoms with Gasteiger partial charge >= 0.3 is 0 Å². The Bertz CT molecular complexity index is 622. The molecule has 1 aliphatic rings. The fraction of sp³-hybridized carbons (Fsp3) is 0.188. The highest BCUT2D eigenvalue weighted by Crippen LogP contribution is 2.36. The molecule has 0 spiro atoms. The molecule has 2 N–H and O–H groups in total. The molecule has 2 aromatic rings. The SMILES string of the molecule is CC1NC(=S)NC1(c1ccc(F)cc1)c1ccc(F)cc1. The van der Waals surface area contributed by atoms with Crippen molar-refractivity contribution < 1.29 is 8.78 Å². The van der Waals surface area contributed by atoms with Gasteiger partial charge in [-0.1, -0.05) is 24.3 Å². The third-order valence-electron chi connectivity index (χ3n) is 3.91. The van der Waals surface area contributed by atoms with Crippen molar-refractivity contribution in [3.8, 4) is 0 Å². The van der Waals surface area contributed by atoms with E-state index in [1.54, 1.807) is 24.3 Å². The maximum absolute atomic E-state index is 13.2. The monoisotopic (exact) mass is 304 g/mol. The van der Waals surface area contributed by atoms with Crippen LogP contribution in [0.25, 0.3) is 0 Å². The molecule has 0 aliphatic carbocycles. The van der Waals surface area contributed by atoms with Crippen LogP contribution in [0, 0.1) is 11.6 Å². The maximum Gasteiger partial charge on any atom is 0.167 e. The molecule has 1 fully saturated rings. The molecular formula is C16H14F2N2S. The first-order chi connectivity index (χ1) is 10.0. The molecule has 0 amide bonds. The second-order valence-electron chi connectivity index (χ2n) is 5.14. The highest BCUT2D eigenvalue weighted by Gasteiger charge is 2.45. The number of hydrogen-bond acceptors (Lipinski definition) is 1. The third-order valence-corrected chi connectivity index (χ3v) is 4.13. The number of thiocarbonyl (C=S) groups is 1. The number of hydrogen-bond donors (Lipinski definition) is 2. The van der Waals surface area contributed by atoms with Gasteiger partial charge in [0.1, 0.15) is 17.2 Å². The van der Waals surface area contributed by atoms with Gasteiger partial charge in [0.15, 0.2) is 5.11 Å². The third kappa shape index (κ3) is 2.27. The van der Waals surface area contributed by atoms with E-state index in [0.717, 1.165) is 11.1 Å². The Morgan fingerprint density at radius 3 is 1.67 bits per heavy atom. The van der Waals surface area contributed by atoms with Crippen molar-refractivity contribution in [3.05, 3.63) is 71.3 Å². The van der Waals surface area contributed by atoms with Crippen molar-refractivity contribution in [1.82, 2.24) is 10.6 Å². The summed E-state index contributed by atoms with van der Waals surface area (Å²) in [6.45, 7) is 1.99. The highest BCUT2D eigenvalue weighted by atomic mass is 32.1. The standard InChI is InChI=1S/C16H14F2N2S/c1-10-16(20-15(21)19-10,11-2-6-13(17)7-3-11)12-4-8-14(18)9-5-12/h2-10H,1H3,(H2,19,20,21). The molecule has 0 aromatic heterocycles. The van der Waals surface area contributed by atoms with E-state index in [-0.39, 0.29) is 17.7 Å². The molecule has 2 aromatic carbocycles. The van der Waals surface area contributed by atoms with Crippen LogP contribution < -0.4 is 10.6 Å². The molecule has 1 aliphatic heterocycles. The van der Waals surface area contributed by atoms with Gasteiger partial charge < -0.3 is 10.6 Å². The van der Waals surface area contributed by atoms with E-state index >= 15 is 0 Å². The second kappa shape index (κ2) is 5.07. The van der Waals surface area contributed by atoms with E-state index in [9.17, 15) is 8.78 Å². The maximum atomic E-state index is 13.2. The van der Waals surface area contributed by atoms with Crippen molar-refractivity contribution in [2.24, 2.45) is 0 Å². The minimum Gasteiger partial charge on any atom is -0.357 e. The molecule has 3 rings (SSSR count). The van der Waals surface area contributed by atoms with E-state index < -0.39 is 5.54 Å². The predicted molar refractivity (Wildman–Crippen MR) is 81.9 cm³/mol. The zero-order chi connectivity index (χ0) is 15.0. The topological polar surface area (TPSA) is 24.1 Å². The Morgan fingerprint density at radius 2 is 1.33 bits per heavy atom. The zero-order valence-electron chi connectivity index (χ0n) is 11.4. The molecule has 0 bridgehead atoms. The van der Waals surface area contributed by atoms with E-state index in [4.69, 9.17) is 12.2 Å². The van der Waals surface area contributed by atoms with E-state index in [2.05, 4.69) is 10.6 Å². The van der Waals surface area contributed by atoms with Gasteiger partial charge in [0.2, 0.25) is 0 Å². The molecule has 1 saturated heterocycles. The van der Waals surface area contributed by atoms with E-state index in [1.807, 2.05) is 6.92 Å². The van der Waals surface area contributed by atoms with Crippen LogP contribution in [0.5, 0.6) is 0 Å². The smallest absolute Gasteiger partial charge is 0.167 e. The summed E-state index contributed by atoms with van der Waals surface area (Å²) in [5, 5.41) is 6.95. The number of nitrogens with one attached hydrogen (secondary N) is 2. The Balaban J connectivity index is 2.18. The molecule has 5 heteroatoms. The lowest BCUT2D eigenvalue weighted by molar-refractivity contribution is 0.425. The molecule has 0 saturated carbocycles. The second-order valence-corrected chi connectivity index (χ2v) is 5.55. The Morgan fingerprint density at radius 1 is 0.905 bits per heavy atom. The molecule has 1 heterocycles. The fourth-order valence-electron chi connectivity index (χ4n) is 2.86. The Kier molecular flexibility index (Phi) is 3.37. The number of rotatable bonds is 2. The largest absolute Gasteiger partial charge is 0.357 e. The summed E-state index contributed by atoms with van der Waals surface area (Å²) in [7, 11) is 0. The van der Waals surface area contributed by atoms with Crippen molar-refractivity contribution in [3.63, 3.8) is 0 Å². The molecular weight excluding hydrogens is 290 g/mol. The highest BCUT2D eigenvalue weighted by molar-refractivity contribution is 7.80. The molecule has 2 nitrogen and oxygen atoms in total. The number of halogens is 2. The van der Waals surface area contributed by atoms with Crippen molar-refractivity contribution in [2.75, 3.05) is 0 Å². The van der Waals surface area contributed by atoms with Crippen molar-refractivity contribution in [2.45, 2.75) is 18.5 Å². The Labute approximate surface area is 127 Å². The molecule has 1 unspecified atom stereocenters. The van der Waals surface area contributed by atoms with Crippen LogP contribution in [-0.2, 0) is 5.54 Å². The first-order valence-corrected chi connectivity index (χ1v) is 7.04. The summed E-state index contributed by atoms with van der Waals surface area (Å²) in [6.07, 6.45) is 0. The van der Waals surface area contributed by atoms with Gasteiger partial charge in [-0.2, -0.15) is 0 Å². The van der Waals surface area contributed by atoms with Crippen LogP contribution in [0.2, 0.25) is 0 Å². The van der Waals surface area contributed by atoms with Crippen LogP contribution in [-0.4, -0.2) is 11.2 Å². The number of benzene rings is 2. The lowest BCUT2D eigenvalue weighted by Crippen LogP contribution is -2.46. The molecule has 21 heavy (non-hydrogen) atoms. The van der Waals surface area contributed by atoms with Gasteiger partial charge in [-0.25, -0.2) is 8.78 Å². The van der Waals surface area contributed by atoms with Gasteiger partial charge in [0, 0.05) is 0 Å². The molecule has 0 radical (unpaired) electrons. The van der Waals surface area contributed by atoms with Crippen molar-refractivity contribution in [1.29, 1.82) is 0 Å². The summed E-state index contributed by atoms with van der Waals surface area (Å²) < 4.78 is 26.4. The summed E-state index contributed by atoms with van der Waals surface area (Å²) in [4.78, 5) is 0. The van der Waals surface area contributed by atoms with Crippen LogP contribution in [0.1, 0.15) is 18.1 Å². The van der Waals surface area contributed by atoms with Gasteiger partial charge in [0.05, 0.1) is 6.04 Å². The summed E-state index contributed by atoms with van der Waals surface area (Å²) >= 11 is 5.23. The fourth-order valence-corrected chi connectivity index (χ4v) is 3.20. The first kappa shape index (κ1) is 13.9. The van der Waals surface area contributed by atoms with Gasteiger partial charge in [-0.15, -0.1) is 0 Å². The lowest BCUT2D eigenvalue weighted by atomic mass is 9.78. The van der Waals surface area contributed by atoms with Gasteiger partial charge in [0.25, 0.3) is 0 Å². The lowest BCUT2D eigenvalue weighted by Gasteiger charge is -2.34. The first-order valence-electron chi connectivity index (χ1n) is 6.63. The van der Waals surface area contributed by atoms with Crippen LogP contribution in [0.15, 0.2) is 48.5 Å². The normalized spacial score (nSPS) is 20.0. The minimum atomic E-state index is -0.640. The van der Waals surface area contributed by atoms with Crippen LogP contribution in [0.4, 0.5) is 8.78 Å². The minimum absolute atomic E-state index is 0.0547. The quantitative estimate of drug-likeness (QED) is 0.834. The summed E-state index contributed by atoms with van der Waals surface area (Å²) in [6, 6.07) is 12.5. The summed E-state index contributed by atoms with van der Waals surface area (Å²) in [5.41, 5.74) is 1.10. The van der Waals surface area contributed by atoms with E-state index in [0.29, 0.717) is 5.11 Å². The Hall–Kier alpha value is -2.01. The zero-order valence-corrected chi connectivity index (χ0v) is 12.2. The average Bonchev–Trinajstić information content (AvgIpc) is 2.76. The van der Waals surface area contributed by atoms with Crippen molar-refractivity contribution >= 4 is 17.3 Å². The van der Waals surface area contributed by atoms with E-state index in [1.165, 1.54) is 24.3 Å².